The Kier molecular flexibility index (Phi) is 2.62. The van der Waals surface area contributed by atoms with Crippen LogP contribution in [0.3, 0.4) is 0 Å². The van der Waals surface area contributed by atoms with Crippen molar-refractivity contribution < 1.29 is 0 Å². The Labute approximate surface area is 89.6 Å². The summed E-state index contributed by atoms with van der Waals surface area (Å²) in [5, 5.41) is 0.837. The molecule has 1 aromatic rings. The van der Waals surface area contributed by atoms with E-state index in [9.17, 15) is 0 Å². The molecule has 2 heteroatoms. The number of hydrogen-bond donors (Lipinski definition) is 1. The highest BCUT2D eigenvalue weighted by molar-refractivity contribution is 6.31. The van der Waals surface area contributed by atoms with E-state index in [4.69, 9.17) is 17.3 Å². The van der Waals surface area contributed by atoms with Crippen LogP contribution < -0.4 is 5.73 Å². The first kappa shape index (κ1) is 9.75. The maximum Gasteiger partial charge on any atom is 0.0441 e. The smallest absolute Gasteiger partial charge is 0.0441 e. The molecule has 1 nitrogen and oxygen atoms in total. The topological polar surface area (TPSA) is 26.0 Å². The minimum Gasteiger partial charge on any atom is -0.324 e. The highest BCUT2D eigenvalue weighted by atomic mass is 35.5. The van der Waals surface area contributed by atoms with Crippen molar-refractivity contribution in [2.24, 2.45) is 5.73 Å². The van der Waals surface area contributed by atoms with Crippen LogP contribution in [-0.2, 0) is 0 Å². The number of rotatable bonds is 1. The molecule has 14 heavy (non-hydrogen) atoms. The number of nitrogens with two attached hydrogens (primary N) is 1. The van der Waals surface area contributed by atoms with Gasteiger partial charge in [0, 0.05) is 11.1 Å². The third kappa shape index (κ3) is 1.84. The summed E-state index contributed by atoms with van der Waals surface area (Å²) in [5.74, 6) is 0. The van der Waals surface area contributed by atoms with Crippen LogP contribution in [0.25, 0.3) is 5.57 Å². The maximum absolute atomic E-state index is 6.07. The molecule has 0 radical (unpaired) electrons. The molecule has 1 atom stereocenters. The van der Waals surface area contributed by atoms with E-state index in [1.54, 1.807) is 0 Å². The van der Waals surface area contributed by atoms with Gasteiger partial charge in [0.15, 0.2) is 0 Å². The molecular formula is C12H14ClN. The first-order valence-corrected chi connectivity index (χ1v) is 5.27. The average Bonchev–Trinajstić information content (AvgIpc) is 2.57. The molecule has 0 heterocycles. The summed E-state index contributed by atoms with van der Waals surface area (Å²) in [6.45, 7) is 2.01. The van der Waals surface area contributed by atoms with Crippen LogP contribution >= 0.6 is 11.6 Å². The van der Waals surface area contributed by atoms with Crippen LogP contribution in [0.4, 0.5) is 0 Å². The monoisotopic (exact) mass is 207 g/mol. The van der Waals surface area contributed by atoms with Gasteiger partial charge in [0.2, 0.25) is 0 Å². The lowest BCUT2D eigenvalue weighted by Crippen LogP contribution is -2.11. The lowest BCUT2D eigenvalue weighted by molar-refractivity contribution is 0.782. The van der Waals surface area contributed by atoms with E-state index in [2.05, 4.69) is 18.2 Å². The largest absolute Gasteiger partial charge is 0.324 e. The Bertz CT molecular complexity index is 382. The molecule has 0 aliphatic heterocycles. The van der Waals surface area contributed by atoms with Gasteiger partial charge in [0.05, 0.1) is 0 Å². The van der Waals surface area contributed by atoms with Crippen LogP contribution in [-0.4, -0.2) is 6.04 Å². The highest BCUT2D eigenvalue weighted by Gasteiger charge is 2.13. The van der Waals surface area contributed by atoms with Gasteiger partial charge in [0.25, 0.3) is 0 Å². The number of halogens is 1. The van der Waals surface area contributed by atoms with Crippen molar-refractivity contribution in [3.8, 4) is 0 Å². The van der Waals surface area contributed by atoms with Crippen molar-refractivity contribution in [1.82, 2.24) is 0 Å². The first-order chi connectivity index (χ1) is 6.66. The highest BCUT2D eigenvalue weighted by Crippen LogP contribution is 2.29. The lowest BCUT2D eigenvalue weighted by atomic mass is 10.0. The van der Waals surface area contributed by atoms with Crippen LogP contribution in [0.15, 0.2) is 24.3 Å². The zero-order valence-electron chi connectivity index (χ0n) is 8.26. The molecule has 0 saturated carbocycles. The molecule has 0 spiro atoms. The van der Waals surface area contributed by atoms with Crippen molar-refractivity contribution in [3.63, 3.8) is 0 Å². The molecule has 1 aliphatic carbocycles. The van der Waals surface area contributed by atoms with Crippen molar-refractivity contribution >= 4 is 17.2 Å². The zero-order chi connectivity index (χ0) is 10.1. The van der Waals surface area contributed by atoms with Crippen molar-refractivity contribution in [2.45, 2.75) is 25.8 Å². The van der Waals surface area contributed by atoms with E-state index in [0.717, 1.165) is 23.4 Å². The molecular weight excluding hydrogens is 194 g/mol. The standard InChI is InChI=1S/C12H14ClN/c1-8-2-3-10(7-12(8)13)9-4-5-11(14)6-9/h2-3,6-7,11H,4-5,14H2,1H3. The Balaban J connectivity index is 2.34. The first-order valence-electron chi connectivity index (χ1n) is 4.89. The predicted molar refractivity (Wildman–Crippen MR) is 61.4 cm³/mol. The quantitative estimate of drug-likeness (QED) is 0.752. The van der Waals surface area contributed by atoms with Crippen LogP contribution in [0, 0.1) is 6.92 Å². The van der Waals surface area contributed by atoms with Crippen LogP contribution in [0.2, 0.25) is 5.02 Å². The maximum atomic E-state index is 6.07. The second-order valence-electron chi connectivity index (χ2n) is 3.86. The fraction of sp³-hybridized carbons (Fsp3) is 0.333. The van der Waals surface area contributed by atoms with Gasteiger partial charge in [0.1, 0.15) is 0 Å². The minimum atomic E-state index is 0.227. The molecule has 1 aliphatic rings. The molecule has 0 amide bonds. The van der Waals surface area contributed by atoms with E-state index in [-0.39, 0.29) is 6.04 Å². The Hall–Kier alpha value is -0.790. The summed E-state index contributed by atoms with van der Waals surface area (Å²) in [4.78, 5) is 0. The number of hydrogen-bond acceptors (Lipinski definition) is 1. The molecule has 0 saturated heterocycles. The SMILES string of the molecule is Cc1ccc(C2=CC(N)CC2)cc1Cl. The summed E-state index contributed by atoms with van der Waals surface area (Å²) >= 11 is 6.07. The van der Waals surface area contributed by atoms with Gasteiger partial charge in [-0.25, -0.2) is 0 Å². The normalized spacial score (nSPS) is 21.1. The van der Waals surface area contributed by atoms with Crippen LogP contribution in [0.1, 0.15) is 24.0 Å². The van der Waals surface area contributed by atoms with E-state index < -0.39 is 0 Å². The van der Waals surface area contributed by atoms with Crippen molar-refractivity contribution in [1.29, 1.82) is 0 Å². The lowest BCUT2D eigenvalue weighted by Gasteiger charge is -2.04. The summed E-state index contributed by atoms with van der Waals surface area (Å²) < 4.78 is 0. The summed E-state index contributed by atoms with van der Waals surface area (Å²) in [5.41, 5.74) is 9.49. The summed E-state index contributed by atoms with van der Waals surface area (Å²) in [6, 6.07) is 6.43. The Morgan fingerprint density at radius 3 is 2.79 bits per heavy atom. The molecule has 1 unspecified atom stereocenters. The predicted octanol–water partition coefficient (Wildman–Crippen LogP) is 3.15. The van der Waals surface area contributed by atoms with Gasteiger partial charge in [-0.3, -0.25) is 0 Å². The minimum absolute atomic E-state index is 0.227. The van der Waals surface area contributed by atoms with Gasteiger partial charge in [-0.2, -0.15) is 0 Å². The zero-order valence-corrected chi connectivity index (χ0v) is 9.01. The number of aryl methyl sites for hydroxylation is 1. The number of benzene rings is 1. The fourth-order valence-corrected chi connectivity index (χ4v) is 1.96. The van der Waals surface area contributed by atoms with Gasteiger partial charge in [-0.05, 0) is 42.5 Å². The van der Waals surface area contributed by atoms with Crippen molar-refractivity contribution in [3.05, 3.63) is 40.4 Å². The van der Waals surface area contributed by atoms with Gasteiger partial charge >= 0.3 is 0 Å². The average molecular weight is 208 g/mol. The Morgan fingerprint density at radius 1 is 1.43 bits per heavy atom. The van der Waals surface area contributed by atoms with Gasteiger partial charge in [-0.15, -0.1) is 0 Å². The molecule has 0 bridgehead atoms. The third-order valence-electron chi connectivity index (χ3n) is 2.70. The fourth-order valence-electron chi connectivity index (χ4n) is 1.78. The van der Waals surface area contributed by atoms with E-state index in [0.29, 0.717) is 0 Å². The second kappa shape index (κ2) is 3.76. The second-order valence-corrected chi connectivity index (χ2v) is 4.27. The molecule has 2 rings (SSSR count). The Morgan fingerprint density at radius 2 is 2.21 bits per heavy atom. The molecule has 2 N–H and O–H groups in total. The molecule has 0 aromatic heterocycles. The molecule has 1 aromatic carbocycles. The van der Waals surface area contributed by atoms with Gasteiger partial charge < -0.3 is 5.73 Å². The number of allylic oxidation sites excluding steroid dienone is 1. The van der Waals surface area contributed by atoms with Crippen molar-refractivity contribution in [2.75, 3.05) is 0 Å². The molecule has 0 fully saturated rings. The van der Waals surface area contributed by atoms with Gasteiger partial charge in [-0.1, -0.05) is 29.8 Å². The van der Waals surface area contributed by atoms with E-state index >= 15 is 0 Å². The molecule has 74 valence electrons. The summed E-state index contributed by atoms with van der Waals surface area (Å²) in [7, 11) is 0. The van der Waals surface area contributed by atoms with E-state index in [1.807, 2.05) is 13.0 Å². The van der Waals surface area contributed by atoms with E-state index in [1.165, 1.54) is 11.1 Å². The summed E-state index contributed by atoms with van der Waals surface area (Å²) in [6.07, 6.45) is 4.27. The van der Waals surface area contributed by atoms with Crippen LogP contribution in [0.5, 0.6) is 0 Å². The third-order valence-corrected chi connectivity index (χ3v) is 3.11.